The average molecular weight is 399 g/mol. The molecule has 1 atom stereocenters. The number of aryl methyl sites for hydroxylation is 1. The van der Waals surface area contributed by atoms with Crippen molar-refractivity contribution in [1.82, 2.24) is 10.6 Å². The minimum atomic E-state index is -0.609. The fraction of sp³-hybridized carbons (Fsp3) is 0.391. The first-order valence-corrected chi connectivity index (χ1v) is 9.70. The zero-order valence-electron chi connectivity index (χ0n) is 17.7. The molecule has 0 aliphatic heterocycles. The number of methoxy groups -OCH3 is 2. The fourth-order valence-electron chi connectivity index (χ4n) is 3.07. The van der Waals surface area contributed by atoms with Gasteiger partial charge in [-0.1, -0.05) is 38.1 Å². The molecule has 2 amide bonds. The predicted molar refractivity (Wildman–Crippen MR) is 113 cm³/mol. The van der Waals surface area contributed by atoms with Gasteiger partial charge in [-0.25, -0.2) is 0 Å². The van der Waals surface area contributed by atoms with E-state index in [0.717, 1.165) is 11.1 Å². The van der Waals surface area contributed by atoms with Crippen molar-refractivity contribution in [2.24, 2.45) is 5.92 Å². The molecule has 6 heteroatoms. The highest BCUT2D eigenvalue weighted by atomic mass is 16.5. The number of ether oxygens (including phenoxy) is 2. The Balaban J connectivity index is 2.07. The van der Waals surface area contributed by atoms with Gasteiger partial charge in [-0.15, -0.1) is 0 Å². The van der Waals surface area contributed by atoms with Crippen LogP contribution in [0.1, 0.15) is 41.8 Å². The Morgan fingerprint density at radius 1 is 1.00 bits per heavy atom. The second-order valence-corrected chi connectivity index (χ2v) is 7.38. The highest BCUT2D eigenvalue weighted by Gasteiger charge is 2.23. The van der Waals surface area contributed by atoms with E-state index in [1.807, 2.05) is 51.1 Å². The van der Waals surface area contributed by atoms with Crippen LogP contribution >= 0.6 is 0 Å². The van der Waals surface area contributed by atoms with Gasteiger partial charge in [0.2, 0.25) is 5.91 Å². The van der Waals surface area contributed by atoms with Gasteiger partial charge in [0.05, 0.1) is 14.2 Å². The highest BCUT2D eigenvalue weighted by Crippen LogP contribution is 2.27. The second kappa shape index (κ2) is 10.5. The second-order valence-electron chi connectivity index (χ2n) is 7.38. The summed E-state index contributed by atoms with van der Waals surface area (Å²) in [5.74, 6) is 1.03. The summed E-state index contributed by atoms with van der Waals surface area (Å²) in [6.07, 6.45) is 0.551. The molecule has 0 aromatic heterocycles. The van der Waals surface area contributed by atoms with Crippen LogP contribution in [-0.4, -0.2) is 32.1 Å². The Morgan fingerprint density at radius 3 is 2.31 bits per heavy atom. The first-order chi connectivity index (χ1) is 13.8. The summed E-state index contributed by atoms with van der Waals surface area (Å²) in [6, 6.07) is 12.2. The van der Waals surface area contributed by atoms with Gasteiger partial charge in [0.25, 0.3) is 5.91 Å². The summed E-state index contributed by atoms with van der Waals surface area (Å²) in [7, 11) is 3.15. The van der Waals surface area contributed by atoms with Crippen LogP contribution < -0.4 is 20.1 Å². The topological polar surface area (TPSA) is 76.7 Å². The van der Waals surface area contributed by atoms with Crippen molar-refractivity contribution in [3.63, 3.8) is 0 Å². The zero-order chi connectivity index (χ0) is 21.4. The van der Waals surface area contributed by atoms with Crippen LogP contribution in [0, 0.1) is 12.8 Å². The zero-order valence-corrected chi connectivity index (χ0v) is 17.7. The Bertz CT molecular complexity index is 849. The van der Waals surface area contributed by atoms with Gasteiger partial charge in [0, 0.05) is 12.1 Å². The molecular weight excluding hydrogens is 368 g/mol. The highest BCUT2D eigenvalue weighted by molar-refractivity contribution is 5.98. The van der Waals surface area contributed by atoms with E-state index in [1.165, 1.54) is 0 Å². The van der Waals surface area contributed by atoms with E-state index < -0.39 is 6.04 Å². The molecular formula is C23H30N2O4. The molecule has 6 nitrogen and oxygen atoms in total. The van der Waals surface area contributed by atoms with Crippen LogP contribution in [0.3, 0.4) is 0 Å². The summed E-state index contributed by atoms with van der Waals surface area (Å²) in [6.45, 7) is 6.25. The van der Waals surface area contributed by atoms with Crippen LogP contribution in [0.15, 0.2) is 42.5 Å². The summed E-state index contributed by atoms with van der Waals surface area (Å²) >= 11 is 0. The number of carbonyl (C=O) groups excluding carboxylic acids is 2. The molecule has 0 saturated carbocycles. The molecule has 2 aromatic carbocycles. The summed E-state index contributed by atoms with van der Waals surface area (Å²) < 4.78 is 10.5. The van der Waals surface area contributed by atoms with Crippen molar-refractivity contribution in [3.05, 3.63) is 59.2 Å². The van der Waals surface area contributed by atoms with Crippen LogP contribution in [0.5, 0.6) is 11.5 Å². The molecule has 2 N–H and O–H groups in total. The standard InChI is InChI=1S/C23H30N2O4/c1-15(2)12-19(25-22(26)18-9-7-6-8-16(18)3)23(27)24-14-17-10-11-20(28-4)21(13-17)29-5/h6-11,13,15,19H,12,14H2,1-5H3,(H,24,27)(H,25,26). The summed E-state index contributed by atoms with van der Waals surface area (Å²) in [5.41, 5.74) is 2.33. The minimum absolute atomic E-state index is 0.213. The Hall–Kier alpha value is -3.02. The molecule has 0 aliphatic rings. The van der Waals surface area contributed by atoms with E-state index in [4.69, 9.17) is 9.47 Å². The van der Waals surface area contributed by atoms with Crippen molar-refractivity contribution in [2.45, 2.75) is 39.8 Å². The molecule has 156 valence electrons. The Labute approximate surface area is 172 Å². The van der Waals surface area contributed by atoms with Crippen LogP contribution in [0.2, 0.25) is 0 Å². The average Bonchev–Trinajstić information content (AvgIpc) is 2.71. The number of hydrogen-bond acceptors (Lipinski definition) is 4. The third kappa shape index (κ3) is 6.24. The first-order valence-electron chi connectivity index (χ1n) is 9.70. The number of rotatable bonds is 9. The maximum absolute atomic E-state index is 12.8. The lowest BCUT2D eigenvalue weighted by Gasteiger charge is -2.21. The molecule has 0 heterocycles. The fourth-order valence-corrected chi connectivity index (χ4v) is 3.07. The molecule has 2 aromatic rings. The molecule has 0 bridgehead atoms. The van der Waals surface area contributed by atoms with Crippen molar-refractivity contribution in [1.29, 1.82) is 0 Å². The van der Waals surface area contributed by atoms with E-state index in [2.05, 4.69) is 10.6 Å². The number of hydrogen-bond donors (Lipinski definition) is 2. The molecule has 2 rings (SSSR count). The Morgan fingerprint density at radius 2 is 1.69 bits per heavy atom. The van der Waals surface area contributed by atoms with Gasteiger partial charge < -0.3 is 20.1 Å². The van der Waals surface area contributed by atoms with Crippen molar-refractivity contribution in [3.8, 4) is 11.5 Å². The van der Waals surface area contributed by atoms with Crippen LogP contribution in [-0.2, 0) is 11.3 Å². The lowest BCUT2D eigenvalue weighted by molar-refractivity contribution is -0.123. The van der Waals surface area contributed by atoms with Gasteiger partial charge >= 0.3 is 0 Å². The van der Waals surface area contributed by atoms with E-state index in [9.17, 15) is 9.59 Å². The van der Waals surface area contributed by atoms with E-state index >= 15 is 0 Å². The SMILES string of the molecule is COc1ccc(CNC(=O)C(CC(C)C)NC(=O)c2ccccc2C)cc1OC. The lowest BCUT2D eigenvalue weighted by Crippen LogP contribution is -2.47. The van der Waals surface area contributed by atoms with Crippen molar-refractivity contribution < 1.29 is 19.1 Å². The van der Waals surface area contributed by atoms with Crippen molar-refractivity contribution in [2.75, 3.05) is 14.2 Å². The molecule has 0 aliphatic carbocycles. The van der Waals surface area contributed by atoms with Crippen LogP contribution in [0.4, 0.5) is 0 Å². The van der Waals surface area contributed by atoms with Gasteiger partial charge in [-0.2, -0.15) is 0 Å². The lowest BCUT2D eigenvalue weighted by atomic mass is 10.0. The molecule has 0 spiro atoms. The number of nitrogens with one attached hydrogen (secondary N) is 2. The number of amides is 2. The Kier molecular flexibility index (Phi) is 8.07. The largest absolute Gasteiger partial charge is 0.493 e. The molecule has 1 unspecified atom stereocenters. The van der Waals surface area contributed by atoms with Gasteiger partial charge in [-0.3, -0.25) is 9.59 Å². The number of benzene rings is 2. The van der Waals surface area contributed by atoms with Gasteiger partial charge in [0.15, 0.2) is 11.5 Å². The normalized spacial score (nSPS) is 11.7. The van der Waals surface area contributed by atoms with E-state index in [1.54, 1.807) is 26.4 Å². The van der Waals surface area contributed by atoms with Gasteiger partial charge in [0.1, 0.15) is 6.04 Å². The van der Waals surface area contributed by atoms with Crippen LogP contribution in [0.25, 0.3) is 0 Å². The smallest absolute Gasteiger partial charge is 0.252 e. The van der Waals surface area contributed by atoms with Gasteiger partial charge in [-0.05, 0) is 48.6 Å². The third-order valence-corrected chi connectivity index (χ3v) is 4.63. The maximum Gasteiger partial charge on any atom is 0.252 e. The molecule has 0 fully saturated rings. The molecule has 0 saturated heterocycles. The number of carbonyl (C=O) groups is 2. The maximum atomic E-state index is 12.8. The third-order valence-electron chi connectivity index (χ3n) is 4.63. The van der Waals surface area contributed by atoms with Crippen molar-refractivity contribution >= 4 is 11.8 Å². The monoisotopic (exact) mass is 398 g/mol. The summed E-state index contributed by atoms with van der Waals surface area (Å²) in [5, 5.41) is 5.80. The predicted octanol–water partition coefficient (Wildman–Crippen LogP) is 3.47. The summed E-state index contributed by atoms with van der Waals surface area (Å²) in [4.78, 5) is 25.5. The van der Waals surface area contributed by atoms with E-state index in [-0.39, 0.29) is 17.7 Å². The quantitative estimate of drug-likeness (QED) is 0.678. The molecule has 0 radical (unpaired) electrons. The minimum Gasteiger partial charge on any atom is -0.493 e. The first kappa shape index (κ1) is 22.3. The molecule has 29 heavy (non-hydrogen) atoms. The van der Waals surface area contributed by atoms with E-state index in [0.29, 0.717) is 30.0 Å².